The Hall–Kier alpha value is -1.59. The van der Waals surface area contributed by atoms with Crippen LogP contribution in [-0.2, 0) is 6.54 Å². The number of piperazine rings is 1. The minimum absolute atomic E-state index is 0.0673. The van der Waals surface area contributed by atoms with E-state index in [1.54, 1.807) is 0 Å². The number of urea groups is 1. The number of nitrogens with zero attached hydrogens (tertiary/aromatic N) is 2. The fourth-order valence-corrected chi connectivity index (χ4v) is 4.28. The van der Waals surface area contributed by atoms with Gasteiger partial charge in [0.05, 0.1) is 0 Å². The molecule has 4 nitrogen and oxygen atoms in total. The lowest BCUT2D eigenvalue weighted by Gasteiger charge is -2.35. The summed E-state index contributed by atoms with van der Waals surface area (Å²) in [6, 6.07) is 8.88. The van der Waals surface area contributed by atoms with Crippen molar-refractivity contribution in [2.75, 3.05) is 26.2 Å². The van der Waals surface area contributed by atoms with E-state index in [0.717, 1.165) is 32.7 Å². The van der Waals surface area contributed by atoms with Gasteiger partial charge in [0.25, 0.3) is 0 Å². The molecule has 0 aliphatic carbocycles. The molecule has 2 aromatic rings. The first-order chi connectivity index (χ1) is 11.0. The third kappa shape index (κ3) is 3.67. The summed E-state index contributed by atoms with van der Waals surface area (Å²) in [6.45, 7) is 10.7. The van der Waals surface area contributed by atoms with E-state index in [1.165, 1.54) is 20.5 Å². The highest BCUT2D eigenvalue weighted by Crippen LogP contribution is 2.31. The van der Waals surface area contributed by atoms with Crippen molar-refractivity contribution in [3.63, 3.8) is 0 Å². The van der Waals surface area contributed by atoms with E-state index in [0.29, 0.717) is 0 Å². The van der Waals surface area contributed by atoms with Crippen LogP contribution in [0.5, 0.6) is 0 Å². The Morgan fingerprint density at radius 1 is 1.22 bits per heavy atom. The first kappa shape index (κ1) is 16.3. The van der Waals surface area contributed by atoms with Crippen molar-refractivity contribution in [3.8, 4) is 0 Å². The normalized spacial score (nSPS) is 16.3. The number of benzene rings is 1. The second-order valence-electron chi connectivity index (χ2n) is 6.51. The van der Waals surface area contributed by atoms with Gasteiger partial charge in [-0.3, -0.25) is 4.90 Å². The largest absolute Gasteiger partial charge is 0.336 e. The number of aryl methyl sites for hydroxylation is 1. The topological polar surface area (TPSA) is 35.6 Å². The Morgan fingerprint density at radius 3 is 2.57 bits per heavy atom. The lowest BCUT2D eigenvalue weighted by atomic mass is 10.1. The zero-order valence-corrected chi connectivity index (χ0v) is 14.9. The highest BCUT2D eigenvalue weighted by molar-refractivity contribution is 7.19. The Kier molecular flexibility index (Phi) is 4.87. The highest BCUT2D eigenvalue weighted by Gasteiger charge is 2.22. The zero-order valence-electron chi connectivity index (χ0n) is 14.1. The predicted molar refractivity (Wildman–Crippen MR) is 97.1 cm³/mol. The Morgan fingerprint density at radius 2 is 1.91 bits per heavy atom. The van der Waals surface area contributed by atoms with Crippen molar-refractivity contribution in [2.24, 2.45) is 0 Å². The van der Waals surface area contributed by atoms with E-state index in [9.17, 15) is 4.79 Å². The van der Waals surface area contributed by atoms with Crippen molar-refractivity contribution in [1.82, 2.24) is 15.1 Å². The van der Waals surface area contributed by atoms with Crippen molar-refractivity contribution in [1.29, 1.82) is 0 Å². The van der Waals surface area contributed by atoms with Crippen LogP contribution in [0.25, 0.3) is 10.1 Å². The maximum absolute atomic E-state index is 12.0. The Balaban J connectivity index is 1.60. The van der Waals surface area contributed by atoms with Crippen LogP contribution < -0.4 is 5.32 Å². The summed E-state index contributed by atoms with van der Waals surface area (Å²) in [6.07, 6.45) is 0. The molecule has 1 N–H and O–H groups in total. The van der Waals surface area contributed by atoms with Crippen LogP contribution in [-0.4, -0.2) is 48.1 Å². The molecule has 1 aliphatic heterocycles. The van der Waals surface area contributed by atoms with Crippen molar-refractivity contribution in [3.05, 3.63) is 34.7 Å². The monoisotopic (exact) mass is 331 g/mol. The zero-order chi connectivity index (χ0) is 16.4. The van der Waals surface area contributed by atoms with Crippen LogP contribution >= 0.6 is 11.3 Å². The molecule has 0 atom stereocenters. The van der Waals surface area contributed by atoms with Gasteiger partial charge in [0.1, 0.15) is 0 Å². The Bertz CT molecular complexity index is 687. The fraction of sp³-hybridized carbons (Fsp3) is 0.500. The van der Waals surface area contributed by atoms with Gasteiger partial charge in [0, 0.05) is 48.3 Å². The summed E-state index contributed by atoms with van der Waals surface area (Å²) in [5.41, 5.74) is 1.41. The van der Waals surface area contributed by atoms with E-state index in [-0.39, 0.29) is 12.1 Å². The molecular weight excluding hydrogens is 306 g/mol. The van der Waals surface area contributed by atoms with E-state index < -0.39 is 0 Å². The van der Waals surface area contributed by atoms with Crippen molar-refractivity contribution >= 4 is 27.5 Å². The first-order valence-corrected chi connectivity index (χ1v) is 9.11. The summed E-state index contributed by atoms with van der Waals surface area (Å²) < 4.78 is 1.37. The molecule has 2 heterocycles. The average molecular weight is 331 g/mol. The van der Waals surface area contributed by atoms with Crippen LogP contribution in [0.15, 0.2) is 24.3 Å². The van der Waals surface area contributed by atoms with Gasteiger partial charge < -0.3 is 10.2 Å². The van der Waals surface area contributed by atoms with Crippen LogP contribution in [0, 0.1) is 6.92 Å². The number of hydrogen-bond donors (Lipinski definition) is 1. The van der Waals surface area contributed by atoms with E-state index in [1.807, 2.05) is 30.1 Å². The molecular formula is C18H25N3OS. The second-order valence-corrected chi connectivity index (χ2v) is 7.65. The molecule has 0 unspecified atom stereocenters. The molecule has 3 rings (SSSR count). The quantitative estimate of drug-likeness (QED) is 0.935. The maximum Gasteiger partial charge on any atom is 0.317 e. The molecule has 2 amide bonds. The van der Waals surface area contributed by atoms with Crippen molar-refractivity contribution < 1.29 is 4.79 Å². The molecule has 0 radical (unpaired) electrons. The summed E-state index contributed by atoms with van der Waals surface area (Å²) in [5, 5.41) is 4.35. The molecule has 5 heteroatoms. The molecule has 1 aromatic heterocycles. The number of fused-ring (bicyclic) bond motifs is 1. The summed E-state index contributed by atoms with van der Waals surface area (Å²) in [5.74, 6) is 0. The van der Waals surface area contributed by atoms with Gasteiger partial charge in [-0.2, -0.15) is 0 Å². The highest BCUT2D eigenvalue weighted by atomic mass is 32.1. The molecule has 0 saturated carbocycles. The van der Waals surface area contributed by atoms with Gasteiger partial charge in [-0.25, -0.2) is 4.79 Å². The van der Waals surface area contributed by atoms with Crippen LogP contribution in [0.4, 0.5) is 4.79 Å². The van der Waals surface area contributed by atoms with Gasteiger partial charge in [-0.15, -0.1) is 11.3 Å². The fourth-order valence-electron chi connectivity index (χ4n) is 3.03. The third-order valence-corrected chi connectivity index (χ3v) is 5.64. The lowest BCUT2D eigenvalue weighted by molar-refractivity contribution is 0.134. The number of thiophene rings is 1. The number of amides is 2. The molecule has 1 saturated heterocycles. The van der Waals surface area contributed by atoms with E-state index in [4.69, 9.17) is 0 Å². The van der Waals surface area contributed by atoms with Gasteiger partial charge in [-0.05, 0) is 37.8 Å². The number of nitrogens with one attached hydrogen (secondary N) is 1. The lowest BCUT2D eigenvalue weighted by Crippen LogP contribution is -2.52. The van der Waals surface area contributed by atoms with E-state index in [2.05, 4.69) is 41.4 Å². The Labute approximate surface area is 142 Å². The van der Waals surface area contributed by atoms with Gasteiger partial charge in [0.15, 0.2) is 0 Å². The number of carbonyl (C=O) groups is 1. The molecule has 23 heavy (non-hydrogen) atoms. The number of hydrogen-bond acceptors (Lipinski definition) is 3. The molecule has 1 fully saturated rings. The van der Waals surface area contributed by atoms with Gasteiger partial charge in [-0.1, -0.05) is 18.2 Å². The smallest absolute Gasteiger partial charge is 0.317 e. The average Bonchev–Trinajstić information content (AvgIpc) is 2.84. The minimum Gasteiger partial charge on any atom is -0.336 e. The van der Waals surface area contributed by atoms with Crippen LogP contribution in [0.1, 0.15) is 24.3 Å². The van der Waals surface area contributed by atoms with E-state index >= 15 is 0 Å². The third-order valence-electron chi connectivity index (χ3n) is 4.38. The maximum atomic E-state index is 12.0. The summed E-state index contributed by atoms with van der Waals surface area (Å²) >= 11 is 1.90. The SMILES string of the molecule is Cc1c(CN2CCN(C(=O)NC(C)C)CC2)sc2ccccc12. The standard InChI is InChI=1S/C18H25N3OS/c1-13(2)19-18(22)21-10-8-20(9-11-21)12-17-14(3)15-6-4-5-7-16(15)23-17/h4-7,13H,8-12H2,1-3H3,(H,19,22). The molecule has 0 bridgehead atoms. The van der Waals surface area contributed by atoms with Crippen LogP contribution in [0.3, 0.4) is 0 Å². The minimum atomic E-state index is 0.0673. The van der Waals surface area contributed by atoms with Gasteiger partial charge >= 0.3 is 6.03 Å². The summed E-state index contributed by atoms with van der Waals surface area (Å²) in [4.78, 5) is 17.9. The molecule has 124 valence electrons. The molecule has 0 spiro atoms. The molecule has 1 aromatic carbocycles. The first-order valence-electron chi connectivity index (χ1n) is 8.29. The number of rotatable bonds is 3. The summed E-state index contributed by atoms with van der Waals surface area (Å²) in [7, 11) is 0. The number of carbonyl (C=O) groups excluding carboxylic acids is 1. The second kappa shape index (κ2) is 6.89. The predicted octanol–water partition coefficient (Wildman–Crippen LogP) is 3.45. The van der Waals surface area contributed by atoms with Gasteiger partial charge in [0.2, 0.25) is 0 Å². The van der Waals surface area contributed by atoms with Crippen molar-refractivity contribution in [2.45, 2.75) is 33.4 Å². The van der Waals surface area contributed by atoms with Crippen LogP contribution in [0.2, 0.25) is 0 Å². The molecule has 1 aliphatic rings.